The van der Waals surface area contributed by atoms with Crippen LogP contribution in [0.5, 0.6) is 5.75 Å². The Morgan fingerprint density at radius 2 is 1.77 bits per heavy atom. The quantitative estimate of drug-likeness (QED) is 0.414. The van der Waals surface area contributed by atoms with E-state index < -0.39 is 15.9 Å². The number of carbonyl (C=O) groups excluding carboxylic acids is 1. The van der Waals surface area contributed by atoms with Crippen molar-refractivity contribution in [3.63, 3.8) is 0 Å². The molecule has 0 aliphatic carbocycles. The first-order chi connectivity index (χ1) is 17.0. The summed E-state index contributed by atoms with van der Waals surface area (Å²) in [6.45, 7) is 2.85. The summed E-state index contributed by atoms with van der Waals surface area (Å²) >= 11 is 0. The maximum Gasteiger partial charge on any atom is 0.322 e. The molecule has 1 aliphatic rings. The van der Waals surface area contributed by atoms with Gasteiger partial charge < -0.3 is 9.15 Å². The predicted molar refractivity (Wildman–Crippen MR) is 130 cm³/mol. The number of hydrogen-bond acceptors (Lipinski definition) is 7. The fourth-order valence-electron chi connectivity index (χ4n) is 3.88. The number of ether oxygens (including phenoxy) is 1. The fourth-order valence-corrected chi connectivity index (χ4v) is 5.39. The van der Waals surface area contributed by atoms with Crippen molar-refractivity contribution in [3.8, 4) is 17.2 Å². The van der Waals surface area contributed by atoms with Crippen LogP contribution >= 0.6 is 0 Å². The monoisotopic (exact) mass is 490 g/mol. The summed E-state index contributed by atoms with van der Waals surface area (Å²) in [4.78, 5) is 12.8. The van der Waals surface area contributed by atoms with E-state index >= 15 is 0 Å². The van der Waals surface area contributed by atoms with E-state index in [1.165, 1.54) is 28.6 Å². The third kappa shape index (κ3) is 4.47. The smallest absolute Gasteiger partial charge is 0.322 e. The molecule has 0 atom stereocenters. The predicted octanol–water partition coefficient (Wildman–Crippen LogP) is 4.14. The molecule has 0 spiro atoms. The van der Waals surface area contributed by atoms with Crippen molar-refractivity contribution < 1.29 is 22.4 Å². The topological polar surface area (TPSA) is 115 Å². The highest BCUT2D eigenvalue weighted by Gasteiger charge is 2.30. The molecule has 1 amide bonds. The first-order valence-electron chi connectivity index (χ1n) is 11.0. The van der Waals surface area contributed by atoms with E-state index in [2.05, 4.69) is 15.5 Å². The number of fused-ring (bicyclic) bond motifs is 1. The van der Waals surface area contributed by atoms with Crippen LogP contribution < -0.4 is 14.4 Å². The Labute approximate surface area is 202 Å². The van der Waals surface area contributed by atoms with E-state index in [0.717, 1.165) is 11.3 Å². The third-order valence-corrected chi connectivity index (χ3v) is 7.43. The third-order valence-electron chi connectivity index (χ3n) is 5.61. The largest absolute Gasteiger partial charge is 0.494 e. The van der Waals surface area contributed by atoms with Crippen LogP contribution in [0.3, 0.4) is 0 Å². The SMILES string of the molecule is CCOc1ccc(-c2nnc(NC(=O)c3ccc(S(=O)(=O)N4CCc5ccccc54)cc3)o2)cc1. The number of hydrogen-bond donors (Lipinski definition) is 1. The van der Waals surface area contributed by atoms with Crippen LogP contribution in [0, 0.1) is 0 Å². The molecule has 0 bridgehead atoms. The molecule has 2 heterocycles. The van der Waals surface area contributed by atoms with Crippen LogP contribution in [0.15, 0.2) is 82.1 Å². The van der Waals surface area contributed by atoms with Gasteiger partial charge in [-0.25, -0.2) is 8.42 Å². The van der Waals surface area contributed by atoms with Gasteiger partial charge in [0.15, 0.2) is 0 Å². The molecule has 0 saturated carbocycles. The molecule has 178 valence electrons. The summed E-state index contributed by atoms with van der Waals surface area (Å²) in [5, 5.41) is 10.4. The molecular formula is C25H22N4O5S. The second-order valence-corrected chi connectivity index (χ2v) is 9.67. The highest BCUT2D eigenvalue weighted by atomic mass is 32.2. The average Bonchev–Trinajstić information content (AvgIpc) is 3.52. The highest BCUT2D eigenvalue weighted by Crippen LogP contribution is 2.32. The Morgan fingerprint density at radius 3 is 2.51 bits per heavy atom. The van der Waals surface area contributed by atoms with Gasteiger partial charge in [-0.05, 0) is 73.5 Å². The lowest BCUT2D eigenvalue weighted by atomic mass is 10.2. The zero-order chi connectivity index (χ0) is 24.4. The van der Waals surface area contributed by atoms with E-state index in [1.54, 1.807) is 30.3 Å². The van der Waals surface area contributed by atoms with Gasteiger partial charge in [-0.2, -0.15) is 0 Å². The lowest BCUT2D eigenvalue weighted by Gasteiger charge is -2.19. The van der Waals surface area contributed by atoms with Crippen molar-refractivity contribution in [2.45, 2.75) is 18.2 Å². The van der Waals surface area contributed by atoms with Gasteiger partial charge in [-0.15, -0.1) is 5.10 Å². The minimum atomic E-state index is -3.74. The minimum absolute atomic E-state index is 0.0655. The van der Waals surface area contributed by atoms with E-state index in [9.17, 15) is 13.2 Å². The van der Waals surface area contributed by atoms with Crippen LogP contribution in [-0.4, -0.2) is 37.7 Å². The number of benzene rings is 3. The number of sulfonamides is 1. The number of aromatic nitrogens is 2. The van der Waals surface area contributed by atoms with E-state index in [1.807, 2.05) is 25.1 Å². The summed E-state index contributed by atoms with van der Waals surface area (Å²) in [5.41, 5.74) is 2.62. The Kier molecular flexibility index (Phi) is 5.96. The number of amides is 1. The Hall–Kier alpha value is -4.18. The van der Waals surface area contributed by atoms with Gasteiger partial charge in [0, 0.05) is 17.7 Å². The standard InChI is InChI=1S/C25H22N4O5S/c1-2-33-20-11-7-19(8-12-20)24-27-28-25(34-24)26-23(30)18-9-13-21(14-10-18)35(31,32)29-16-15-17-5-3-4-6-22(17)29/h3-14H,2,15-16H2,1H3,(H,26,28,30). The van der Waals surface area contributed by atoms with Crippen molar-refractivity contribution in [1.29, 1.82) is 0 Å². The van der Waals surface area contributed by atoms with Gasteiger partial charge in [0.25, 0.3) is 15.9 Å². The summed E-state index contributed by atoms with van der Waals surface area (Å²) in [7, 11) is -3.74. The molecule has 9 nitrogen and oxygen atoms in total. The van der Waals surface area contributed by atoms with Gasteiger partial charge in [0.1, 0.15) is 5.75 Å². The lowest BCUT2D eigenvalue weighted by Crippen LogP contribution is -2.29. The number of carbonyl (C=O) groups is 1. The van der Waals surface area contributed by atoms with E-state index in [-0.39, 0.29) is 22.4 Å². The summed E-state index contributed by atoms with van der Waals surface area (Å²) in [6.07, 6.45) is 0.665. The Balaban J connectivity index is 1.28. The molecule has 1 N–H and O–H groups in total. The van der Waals surface area contributed by atoms with Crippen molar-refractivity contribution in [3.05, 3.63) is 83.9 Å². The van der Waals surface area contributed by atoms with Crippen LogP contribution in [0.1, 0.15) is 22.8 Å². The molecule has 1 aromatic heterocycles. The number of nitrogens with zero attached hydrogens (tertiary/aromatic N) is 3. The summed E-state index contributed by atoms with van der Waals surface area (Å²) in [5.74, 6) is 0.474. The number of nitrogens with one attached hydrogen (secondary N) is 1. The normalized spacial score (nSPS) is 12.9. The molecule has 0 saturated heterocycles. The molecule has 1 aliphatic heterocycles. The molecule has 35 heavy (non-hydrogen) atoms. The maximum atomic E-state index is 13.1. The summed E-state index contributed by atoms with van der Waals surface area (Å²) in [6, 6.07) is 20.3. The first-order valence-corrected chi connectivity index (χ1v) is 12.5. The van der Waals surface area contributed by atoms with Crippen LogP contribution in [-0.2, 0) is 16.4 Å². The van der Waals surface area contributed by atoms with Gasteiger partial charge >= 0.3 is 6.01 Å². The van der Waals surface area contributed by atoms with E-state index in [4.69, 9.17) is 9.15 Å². The van der Waals surface area contributed by atoms with Crippen molar-refractivity contribution in [1.82, 2.24) is 10.2 Å². The van der Waals surface area contributed by atoms with Crippen LogP contribution in [0.2, 0.25) is 0 Å². The second kappa shape index (κ2) is 9.22. The van der Waals surface area contributed by atoms with Crippen LogP contribution in [0.4, 0.5) is 11.7 Å². The summed E-state index contributed by atoms with van der Waals surface area (Å²) < 4.78 is 38.7. The minimum Gasteiger partial charge on any atom is -0.494 e. The molecule has 5 rings (SSSR count). The number of rotatable bonds is 7. The zero-order valence-corrected chi connectivity index (χ0v) is 19.7. The number of anilines is 2. The molecule has 3 aromatic carbocycles. The van der Waals surface area contributed by atoms with Gasteiger partial charge in [0.05, 0.1) is 17.2 Å². The van der Waals surface area contributed by atoms with E-state index in [0.29, 0.717) is 30.8 Å². The van der Waals surface area contributed by atoms with Gasteiger partial charge in [0.2, 0.25) is 5.89 Å². The molecule has 0 unspecified atom stereocenters. The first kappa shape index (κ1) is 22.6. The van der Waals surface area contributed by atoms with Crippen molar-refractivity contribution in [2.24, 2.45) is 0 Å². The molecule has 4 aromatic rings. The zero-order valence-electron chi connectivity index (χ0n) is 18.8. The molecule has 0 fully saturated rings. The second-order valence-electron chi connectivity index (χ2n) is 7.80. The average molecular weight is 491 g/mol. The van der Waals surface area contributed by atoms with Crippen molar-refractivity contribution >= 4 is 27.6 Å². The fraction of sp³-hybridized carbons (Fsp3) is 0.160. The maximum absolute atomic E-state index is 13.1. The molecular weight excluding hydrogens is 468 g/mol. The Morgan fingerprint density at radius 1 is 1.03 bits per heavy atom. The van der Waals surface area contributed by atoms with Crippen LogP contribution in [0.25, 0.3) is 11.5 Å². The Bertz CT molecular complexity index is 1460. The molecule has 10 heteroatoms. The van der Waals surface area contributed by atoms with Gasteiger partial charge in [-0.3, -0.25) is 14.4 Å². The van der Waals surface area contributed by atoms with Crippen molar-refractivity contribution in [2.75, 3.05) is 22.8 Å². The van der Waals surface area contributed by atoms with Gasteiger partial charge in [-0.1, -0.05) is 23.3 Å². The highest BCUT2D eigenvalue weighted by molar-refractivity contribution is 7.92. The lowest BCUT2D eigenvalue weighted by molar-refractivity contribution is 0.102. The number of para-hydroxylation sites is 1. The molecule has 0 radical (unpaired) electrons.